The molecule has 1 aromatic heterocycles. The molecule has 3 aromatic carbocycles. The molecule has 146 valence electrons. The van der Waals surface area contributed by atoms with Gasteiger partial charge >= 0.3 is 0 Å². The van der Waals surface area contributed by atoms with Crippen molar-refractivity contribution in [1.29, 1.82) is 0 Å². The predicted molar refractivity (Wildman–Crippen MR) is 125 cm³/mol. The number of hydrogen-bond acceptors (Lipinski definition) is 2. The van der Waals surface area contributed by atoms with Crippen LogP contribution in [0.25, 0.3) is 10.9 Å². The first-order valence-electron chi connectivity index (χ1n) is 9.40. The molecule has 5 heteroatoms. The van der Waals surface area contributed by atoms with Crippen molar-refractivity contribution in [3.8, 4) is 5.75 Å². The van der Waals surface area contributed by atoms with Gasteiger partial charge in [-0.15, -0.1) is 0 Å². The van der Waals surface area contributed by atoms with Crippen LogP contribution in [0.5, 0.6) is 5.75 Å². The molecule has 0 radical (unpaired) electrons. The molecule has 0 aliphatic heterocycles. The minimum absolute atomic E-state index is 0.0161. The number of nitrogens with one attached hydrogen (secondary N) is 2. The number of aromatic amines is 1. The Kier molecular flexibility index (Phi) is 5.85. The normalized spacial score (nSPS) is 11.9. The number of methoxy groups -OCH3 is 1. The summed E-state index contributed by atoms with van der Waals surface area (Å²) in [5.41, 5.74) is 4.07. The van der Waals surface area contributed by atoms with Crippen molar-refractivity contribution in [1.82, 2.24) is 10.3 Å². The van der Waals surface area contributed by atoms with E-state index in [1.807, 2.05) is 54.7 Å². The fraction of sp³-hybridized carbons (Fsp3) is 0.125. The van der Waals surface area contributed by atoms with Crippen molar-refractivity contribution >= 4 is 39.4 Å². The minimum Gasteiger partial charge on any atom is -0.497 e. The van der Waals surface area contributed by atoms with Crippen LogP contribution in [0.15, 0.2) is 79.0 Å². The summed E-state index contributed by atoms with van der Waals surface area (Å²) < 4.78 is 6.24. The first-order chi connectivity index (χ1) is 14.2. The van der Waals surface area contributed by atoms with E-state index in [2.05, 4.69) is 57.2 Å². The van der Waals surface area contributed by atoms with Gasteiger partial charge in [-0.3, -0.25) is 4.79 Å². The lowest BCUT2D eigenvalue weighted by Gasteiger charge is -2.19. The third-order valence-electron chi connectivity index (χ3n) is 5.10. The zero-order valence-corrected chi connectivity index (χ0v) is 18.1. The highest BCUT2D eigenvalue weighted by molar-refractivity contribution is 14.1. The second-order valence-electron chi connectivity index (χ2n) is 6.81. The van der Waals surface area contributed by atoms with Gasteiger partial charge in [-0.1, -0.05) is 42.5 Å². The van der Waals surface area contributed by atoms with Crippen LogP contribution in [0, 0.1) is 3.57 Å². The van der Waals surface area contributed by atoms with Gasteiger partial charge in [-0.05, 0) is 64.0 Å². The van der Waals surface area contributed by atoms with Gasteiger partial charge in [0, 0.05) is 33.1 Å². The Balaban J connectivity index is 1.66. The molecular formula is C24H21IN2O2. The van der Waals surface area contributed by atoms with Crippen molar-refractivity contribution in [3.05, 3.63) is 99.3 Å². The number of ether oxygens (including phenoxy) is 1. The molecule has 1 atom stereocenters. The summed E-state index contributed by atoms with van der Waals surface area (Å²) in [6.45, 7) is 0.498. The molecule has 4 aromatic rings. The van der Waals surface area contributed by atoms with Gasteiger partial charge in [0.25, 0.3) is 5.91 Å². The maximum absolute atomic E-state index is 12.8. The summed E-state index contributed by atoms with van der Waals surface area (Å²) in [7, 11) is 1.66. The van der Waals surface area contributed by atoms with Crippen LogP contribution in [0.1, 0.15) is 27.4 Å². The summed E-state index contributed by atoms with van der Waals surface area (Å²) in [4.78, 5) is 16.1. The second-order valence-corrected chi connectivity index (χ2v) is 7.97. The molecule has 4 nitrogen and oxygen atoms in total. The fourth-order valence-corrected chi connectivity index (χ4v) is 4.19. The van der Waals surface area contributed by atoms with Crippen LogP contribution >= 0.6 is 22.6 Å². The van der Waals surface area contributed by atoms with E-state index in [0.29, 0.717) is 12.1 Å². The van der Waals surface area contributed by atoms with Crippen molar-refractivity contribution in [2.24, 2.45) is 0 Å². The third-order valence-corrected chi connectivity index (χ3v) is 6.04. The third kappa shape index (κ3) is 4.15. The van der Waals surface area contributed by atoms with E-state index < -0.39 is 0 Å². The van der Waals surface area contributed by atoms with Crippen molar-refractivity contribution in [3.63, 3.8) is 0 Å². The highest BCUT2D eigenvalue weighted by Crippen LogP contribution is 2.31. The number of aromatic nitrogens is 1. The van der Waals surface area contributed by atoms with E-state index in [-0.39, 0.29) is 11.8 Å². The maximum atomic E-state index is 12.8. The molecule has 0 spiro atoms. The molecule has 4 rings (SSSR count). The lowest BCUT2D eigenvalue weighted by molar-refractivity contribution is 0.0951. The van der Waals surface area contributed by atoms with Crippen molar-refractivity contribution < 1.29 is 9.53 Å². The zero-order chi connectivity index (χ0) is 20.2. The van der Waals surface area contributed by atoms with Crippen LogP contribution in [0.4, 0.5) is 0 Å². The molecule has 1 unspecified atom stereocenters. The Morgan fingerprint density at radius 2 is 1.76 bits per heavy atom. The summed E-state index contributed by atoms with van der Waals surface area (Å²) >= 11 is 2.19. The van der Waals surface area contributed by atoms with E-state index in [9.17, 15) is 4.79 Å². The Morgan fingerprint density at radius 3 is 2.52 bits per heavy atom. The zero-order valence-electron chi connectivity index (χ0n) is 16.0. The topological polar surface area (TPSA) is 54.1 Å². The van der Waals surface area contributed by atoms with Gasteiger partial charge in [-0.2, -0.15) is 0 Å². The van der Waals surface area contributed by atoms with Crippen molar-refractivity contribution in [2.75, 3.05) is 13.7 Å². The lowest BCUT2D eigenvalue weighted by Crippen LogP contribution is -2.29. The number of halogens is 1. The van der Waals surface area contributed by atoms with E-state index >= 15 is 0 Å². The number of H-pyrrole nitrogens is 1. The standard InChI is InChI=1S/C24H21IN2O2/c1-29-17-12-10-16(11-13-17)20(21-15-26-23-9-5-3-6-18(21)23)14-27-24(28)19-7-2-4-8-22(19)25/h2-13,15,20,26H,14H2,1H3,(H,27,28). The molecule has 0 aliphatic rings. The molecule has 0 saturated carbocycles. The quantitative estimate of drug-likeness (QED) is 0.354. The van der Waals surface area contributed by atoms with Gasteiger partial charge < -0.3 is 15.0 Å². The molecular weight excluding hydrogens is 475 g/mol. The molecule has 1 heterocycles. The number of hydrogen-bond donors (Lipinski definition) is 2. The number of carbonyl (C=O) groups excluding carboxylic acids is 1. The predicted octanol–water partition coefficient (Wildman–Crippen LogP) is 5.34. The van der Waals surface area contributed by atoms with E-state index in [1.54, 1.807) is 7.11 Å². The average Bonchev–Trinajstić information content (AvgIpc) is 3.18. The van der Waals surface area contributed by atoms with Gasteiger partial charge in [-0.25, -0.2) is 0 Å². The first kappa shape index (κ1) is 19.5. The van der Waals surface area contributed by atoms with Gasteiger partial charge in [0.1, 0.15) is 5.75 Å². The molecule has 0 fully saturated rings. The molecule has 0 bridgehead atoms. The molecule has 2 N–H and O–H groups in total. The largest absolute Gasteiger partial charge is 0.497 e. The average molecular weight is 496 g/mol. The molecule has 1 amide bonds. The highest BCUT2D eigenvalue weighted by Gasteiger charge is 2.20. The summed E-state index contributed by atoms with van der Waals surface area (Å²) in [6.07, 6.45) is 2.04. The second kappa shape index (κ2) is 8.69. The number of carbonyl (C=O) groups is 1. The molecule has 29 heavy (non-hydrogen) atoms. The molecule has 0 aliphatic carbocycles. The van der Waals surface area contributed by atoms with Crippen LogP contribution in [0.3, 0.4) is 0 Å². The van der Waals surface area contributed by atoms with E-state index in [1.165, 1.54) is 0 Å². The highest BCUT2D eigenvalue weighted by atomic mass is 127. The number of fused-ring (bicyclic) bond motifs is 1. The Morgan fingerprint density at radius 1 is 1.03 bits per heavy atom. The van der Waals surface area contributed by atoms with Crippen LogP contribution < -0.4 is 10.1 Å². The van der Waals surface area contributed by atoms with Crippen LogP contribution in [-0.4, -0.2) is 24.5 Å². The Bertz CT molecular complexity index is 1140. The number of para-hydroxylation sites is 1. The number of rotatable bonds is 6. The van der Waals surface area contributed by atoms with Crippen LogP contribution in [-0.2, 0) is 0 Å². The maximum Gasteiger partial charge on any atom is 0.252 e. The monoisotopic (exact) mass is 496 g/mol. The molecule has 0 saturated heterocycles. The Hall–Kier alpha value is -2.80. The Labute approximate surface area is 183 Å². The van der Waals surface area contributed by atoms with Crippen molar-refractivity contribution in [2.45, 2.75) is 5.92 Å². The van der Waals surface area contributed by atoms with E-state index in [0.717, 1.165) is 31.3 Å². The van der Waals surface area contributed by atoms with Gasteiger partial charge in [0.2, 0.25) is 0 Å². The summed E-state index contributed by atoms with van der Waals surface area (Å²) in [5.74, 6) is 0.769. The van der Waals surface area contributed by atoms with Gasteiger partial charge in [0.05, 0.1) is 12.7 Å². The van der Waals surface area contributed by atoms with Gasteiger partial charge in [0.15, 0.2) is 0 Å². The lowest BCUT2D eigenvalue weighted by atomic mass is 9.90. The van der Waals surface area contributed by atoms with Crippen LogP contribution in [0.2, 0.25) is 0 Å². The number of amides is 1. The first-order valence-corrected chi connectivity index (χ1v) is 10.5. The van der Waals surface area contributed by atoms with E-state index in [4.69, 9.17) is 4.74 Å². The summed E-state index contributed by atoms with van der Waals surface area (Å²) in [6, 6.07) is 23.9. The fourth-order valence-electron chi connectivity index (χ4n) is 3.56. The summed E-state index contributed by atoms with van der Waals surface area (Å²) in [5, 5.41) is 4.29. The smallest absolute Gasteiger partial charge is 0.252 e. The number of benzene rings is 3. The SMILES string of the molecule is COc1ccc(C(CNC(=O)c2ccccc2I)c2c[nH]c3ccccc23)cc1. The minimum atomic E-state index is -0.0617.